The molecule has 0 atom stereocenters. The number of hydrogen-bond donors (Lipinski definition) is 0. The number of carboxylic acids is 1. The SMILES string of the molecule is CCOc1ccc(-c2cc(C(=O)[O-])c3cc(C)ccc3n2)cc1OCC. The van der Waals surface area contributed by atoms with Gasteiger partial charge < -0.3 is 19.4 Å². The first kappa shape index (κ1) is 17.7. The number of pyridine rings is 1. The van der Waals surface area contributed by atoms with Crippen LogP contribution in [0.2, 0.25) is 0 Å². The number of benzene rings is 2. The fraction of sp³-hybridized carbons (Fsp3) is 0.238. The molecule has 0 bridgehead atoms. The number of fused-ring (bicyclic) bond motifs is 1. The number of carboxylic acid groups (broad SMARTS) is 1. The van der Waals surface area contributed by atoms with Crippen LogP contribution in [0.3, 0.4) is 0 Å². The Balaban J connectivity index is 2.17. The molecule has 3 rings (SSSR count). The maximum Gasteiger partial charge on any atom is 0.161 e. The standard InChI is InChI=1S/C21H21NO4/c1-4-25-19-9-7-14(11-20(19)26-5-2)18-12-16(21(23)24)15-10-13(3)6-8-17(15)22-18/h6-12H,4-5H2,1-3H3,(H,23,24)/p-1. The Morgan fingerprint density at radius 3 is 2.42 bits per heavy atom. The molecule has 134 valence electrons. The van der Waals surface area contributed by atoms with Gasteiger partial charge in [0.05, 0.1) is 30.4 Å². The molecule has 1 heterocycles. The van der Waals surface area contributed by atoms with Gasteiger partial charge >= 0.3 is 0 Å². The molecule has 0 fully saturated rings. The Morgan fingerprint density at radius 1 is 1.00 bits per heavy atom. The minimum atomic E-state index is -1.22. The highest BCUT2D eigenvalue weighted by atomic mass is 16.5. The molecule has 0 unspecified atom stereocenters. The summed E-state index contributed by atoms with van der Waals surface area (Å²) in [5.41, 5.74) is 3.00. The van der Waals surface area contributed by atoms with E-state index in [-0.39, 0.29) is 5.56 Å². The highest BCUT2D eigenvalue weighted by Gasteiger charge is 2.12. The summed E-state index contributed by atoms with van der Waals surface area (Å²) in [4.78, 5) is 16.3. The summed E-state index contributed by atoms with van der Waals surface area (Å²) in [6, 6.07) is 12.5. The highest BCUT2D eigenvalue weighted by molar-refractivity contribution is 6.03. The van der Waals surface area contributed by atoms with Crippen LogP contribution >= 0.6 is 0 Å². The number of hydrogen-bond acceptors (Lipinski definition) is 5. The molecule has 0 radical (unpaired) electrons. The molecular formula is C21H20NO4-. The van der Waals surface area contributed by atoms with E-state index in [1.807, 2.05) is 51.1 Å². The molecule has 0 aliphatic heterocycles. The smallest absolute Gasteiger partial charge is 0.161 e. The van der Waals surface area contributed by atoms with E-state index in [0.717, 1.165) is 11.1 Å². The number of carbonyl (C=O) groups is 1. The van der Waals surface area contributed by atoms with Gasteiger partial charge in [0.1, 0.15) is 0 Å². The van der Waals surface area contributed by atoms with Crippen molar-refractivity contribution < 1.29 is 19.4 Å². The number of ether oxygens (including phenoxy) is 2. The first-order valence-electron chi connectivity index (χ1n) is 8.56. The first-order chi connectivity index (χ1) is 12.5. The number of aromatic nitrogens is 1. The van der Waals surface area contributed by atoms with E-state index in [9.17, 15) is 9.90 Å². The second-order valence-corrected chi connectivity index (χ2v) is 5.89. The molecular weight excluding hydrogens is 330 g/mol. The normalized spacial score (nSPS) is 10.7. The number of carbonyl (C=O) groups excluding carboxylic acids is 1. The Hall–Kier alpha value is -3.08. The molecule has 0 saturated heterocycles. The largest absolute Gasteiger partial charge is 0.545 e. The molecule has 0 saturated carbocycles. The van der Waals surface area contributed by atoms with Gasteiger partial charge in [-0.15, -0.1) is 0 Å². The van der Waals surface area contributed by atoms with Gasteiger partial charge in [0.15, 0.2) is 11.5 Å². The van der Waals surface area contributed by atoms with Gasteiger partial charge in [0.2, 0.25) is 0 Å². The molecule has 5 nitrogen and oxygen atoms in total. The van der Waals surface area contributed by atoms with E-state index in [1.54, 1.807) is 12.1 Å². The van der Waals surface area contributed by atoms with Gasteiger partial charge in [-0.05, 0) is 57.2 Å². The van der Waals surface area contributed by atoms with Crippen LogP contribution in [-0.4, -0.2) is 24.2 Å². The topological polar surface area (TPSA) is 71.5 Å². The van der Waals surface area contributed by atoms with Crippen LogP contribution in [-0.2, 0) is 0 Å². The third kappa shape index (κ3) is 3.47. The summed E-state index contributed by atoms with van der Waals surface area (Å²) in [5.74, 6) is 0.0301. The third-order valence-electron chi connectivity index (χ3n) is 4.02. The summed E-state index contributed by atoms with van der Waals surface area (Å²) in [6.07, 6.45) is 0. The molecule has 5 heteroatoms. The molecule has 0 amide bonds. The second-order valence-electron chi connectivity index (χ2n) is 5.89. The zero-order chi connectivity index (χ0) is 18.7. The molecule has 3 aromatic rings. The predicted molar refractivity (Wildman–Crippen MR) is 98.6 cm³/mol. The molecule has 1 aromatic heterocycles. The van der Waals surface area contributed by atoms with Crippen LogP contribution in [0.5, 0.6) is 11.5 Å². The lowest BCUT2D eigenvalue weighted by atomic mass is 10.0. The second kappa shape index (κ2) is 7.44. The lowest BCUT2D eigenvalue weighted by Gasteiger charge is -2.14. The van der Waals surface area contributed by atoms with E-state index in [1.165, 1.54) is 0 Å². The fourth-order valence-corrected chi connectivity index (χ4v) is 2.87. The number of aromatic carboxylic acids is 1. The van der Waals surface area contributed by atoms with Gasteiger partial charge in [-0.3, -0.25) is 0 Å². The van der Waals surface area contributed by atoms with Gasteiger partial charge in [-0.2, -0.15) is 0 Å². The summed E-state index contributed by atoms with van der Waals surface area (Å²) in [7, 11) is 0. The number of nitrogens with zero attached hydrogens (tertiary/aromatic N) is 1. The predicted octanol–water partition coefficient (Wildman–Crippen LogP) is 3.37. The number of rotatable bonds is 6. The molecule has 2 aromatic carbocycles. The summed E-state index contributed by atoms with van der Waals surface area (Å²) >= 11 is 0. The average Bonchev–Trinajstić information content (AvgIpc) is 2.62. The van der Waals surface area contributed by atoms with Crippen molar-refractivity contribution in [3.05, 3.63) is 53.6 Å². The summed E-state index contributed by atoms with van der Waals surface area (Å²) in [6.45, 7) is 6.74. The molecule has 0 spiro atoms. The van der Waals surface area contributed by atoms with Gasteiger partial charge in [0.25, 0.3) is 0 Å². The van der Waals surface area contributed by atoms with Crippen LogP contribution in [0.1, 0.15) is 29.8 Å². The van der Waals surface area contributed by atoms with Gasteiger partial charge in [-0.1, -0.05) is 11.6 Å². The molecule has 0 aliphatic carbocycles. The Morgan fingerprint density at radius 2 is 1.73 bits per heavy atom. The fourth-order valence-electron chi connectivity index (χ4n) is 2.87. The minimum Gasteiger partial charge on any atom is -0.545 e. The third-order valence-corrected chi connectivity index (χ3v) is 4.02. The maximum atomic E-state index is 11.6. The average molecular weight is 350 g/mol. The maximum absolute atomic E-state index is 11.6. The van der Waals surface area contributed by atoms with Crippen molar-refractivity contribution in [3.8, 4) is 22.8 Å². The van der Waals surface area contributed by atoms with Crippen molar-refractivity contribution in [1.29, 1.82) is 0 Å². The van der Waals surface area contributed by atoms with Crippen molar-refractivity contribution in [2.75, 3.05) is 13.2 Å². The Bertz CT molecular complexity index is 966. The Kier molecular flexibility index (Phi) is 5.07. The van der Waals surface area contributed by atoms with Gasteiger partial charge in [0, 0.05) is 16.5 Å². The zero-order valence-electron chi connectivity index (χ0n) is 15.0. The van der Waals surface area contributed by atoms with Crippen molar-refractivity contribution >= 4 is 16.9 Å². The minimum absolute atomic E-state index is 0.126. The van der Waals surface area contributed by atoms with Gasteiger partial charge in [-0.25, -0.2) is 4.98 Å². The van der Waals surface area contributed by atoms with E-state index < -0.39 is 5.97 Å². The van der Waals surface area contributed by atoms with Crippen LogP contribution in [0.25, 0.3) is 22.2 Å². The van der Waals surface area contributed by atoms with Crippen molar-refractivity contribution in [2.45, 2.75) is 20.8 Å². The van der Waals surface area contributed by atoms with E-state index >= 15 is 0 Å². The monoisotopic (exact) mass is 350 g/mol. The van der Waals surface area contributed by atoms with E-state index in [2.05, 4.69) is 4.98 Å². The lowest BCUT2D eigenvalue weighted by molar-refractivity contribution is -0.254. The molecule has 0 N–H and O–H groups in total. The van der Waals surface area contributed by atoms with Crippen LogP contribution < -0.4 is 14.6 Å². The van der Waals surface area contributed by atoms with Crippen molar-refractivity contribution in [2.24, 2.45) is 0 Å². The summed E-state index contributed by atoms with van der Waals surface area (Å²) < 4.78 is 11.2. The van der Waals surface area contributed by atoms with Crippen molar-refractivity contribution in [1.82, 2.24) is 4.98 Å². The molecule has 0 aliphatic rings. The van der Waals surface area contributed by atoms with E-state index in [0.29, 0.717) is 41.3 Å². The van der Waals surface area contributed by atoms with E-state index in [4.69, 9.17) is 9.47 Å². The Labute approximate surface area is 152 Å². The quantitative estimate of drug-likeness (QED) is 0.681. The van der Waals surface area contributed by atoms with Crippen LogP contribution in [0, 0.1) is 6.92 Å². The van der Waals surface area contributed by atoms with Crippen LogP contribution in [0.4, 0.5) is 0 Å². The lowest BCUT2D eigenvalue weighted by Crippen LogP contribution is -2.22. The first-order valence-corrected chi connectivity index (χ1v) is 8.56. The summed E-state index contributed by atoms with van der Waals surface area (Å²) in [5, 5.41) is 12.2. The highest BCUT2D eigenvalue weighted by Crippen LogP contribution is 2.33. The zero-order valence-corrected chi connectivity index (χ0v) is 15.0. The number of aryl methyl sites for hydroxylation is 1. The van der Waals surface area contributed by atoms with Crippen molar-refractivity contribution in [3.63, 3.8) is 0 Å². The van der Waals surface area contributed by atoms with Crippen LogP contribution in [0.15, 0.2) is 42.5 Å². The molecule has 26 heavy (non-hydrogen) atoms.